The Morgan fingerprint density at radius 1 is 1.31 bits per heavy atom. The lowest BCUT2D eigenvalue weighted by atomic mass is 10.1. The van der Waals surface area contributed by atoms with Crippen LogP contribution in [0, 0.1) is 17.8 Å². The van der Waals surface area contributed by atoms with Crippen molar-refractivity contribution < 1.29 is 14.3 Å². The molecule has 26 heavy (non-hydrogen) atoms. The lowest BCUT2D eigenvalue weighted by Crippen LogP contribution is -2.36. The van der Waals surface area contributed by atoms with Gasteiger partial charge in [-0.3, -0.25) is 14.5 Å². The number of hydrogen-bond donors (Lipinski definition) is 1. The molecule has 2 aliphatic heterocycles. The first-order chi connectivity index (χ1) is 12.6. The van der Waals surface area contributed by atoms with E-state index in [9.17, 15) is 9.59 Å². The fourth-order valence-corrected chi connectivity index (χ4v) is 3.43. The maximum absolute atomic E-state index is 12.3. The topological polar surface area (TPSA) is 61.9 Å². The van der Waals surface area contributed by atoms with Gasteiger partial charge in [0.05, 0.1) is 32.2 Å². The second-order valence-corrected chi connectivity index (χ2v) is 7.26. The average Bonchev–Trinajstić information content (AvgIpc) is 3.04. The number of nitrogens with one attached hydrogen (secondary N) is 1. The Morgan fingerprint density at radius 2 is 2.12 bits per heavy atom. The van der Waals surface area contributed by atoms with Crippen LogP contribution in [0.15, 0.2) is 28.7 Å². The zero-order valence-electron chi connectivity index (χ0n) is 14.5. The highest BCUT2D eigenvalue weighted by atomic mass is 79.9. The molecule has 0 unspecified atom stereocenters. The first-order valence-corrected chi connectivity index (χ1v) is 9.52. The number of morpholine rings is 1. The zero-order chi connectivity index (χ0) is 18.4. The minimum Gasteiger partial charge on any atom is -0.379 e. The molecule has 3 rings (SSSR count). The summed E-state index contributed by atoms with van der Waals surface area (Å²) in [5, 5.41) is 2.82. The normalized spacial score (nSPS) is 20.6. The molecule has 7 heteroatoms. The van der Waals surface area contributed by atoms with Crippen LogP contribution >= 0.6 is 15.9 Å². The number of ether oxygens (including phenoxy) is 1. The second-order valence-electron chi connectivity index (χ2n) is 6.35. The van der Waals surface area contributed by atoms with E-state index in [1.807, 2.05) is 24.3 Å². The second kappa shape index (κ2) is 9.17. The SMILES string of the molecule is O=C(NCC#CCN1CCOCC1)[C@@H]1CC(=O)N(c2cccc(Br)c2)C1. The summed E-state index contributed by atoms with van der Waals surface area (Å²) in [6, 6.07) is 7.54. The van der Waals surface area contributed by atoms with Gasteiger partial charge in [-0.1, -0.05) is 33.8 Å². The summed E-state index contributed by atoms with van der Waals surface area (Å²) in [5.74, 6) is 5.58. The molecular weight excluding hydrogens is 398 g/mol. The molecule has 2 amide bonds. The summed E-state index contributed by atoms with van der Waals surface area (Å²) in [5.41, 5.74) is 0.810. The predicted molar refractivity (Wildman–Crippen MR) is 103 cm³/mol. The molecule has 0 bridgehead atoms. The van der Waals surface area contributed by atoms with Crippen molar-refractivity contribution >= 4 is 33.4 Å². The lowest BCUT2D eigenvalue weighted by Gasteiger charge is -2.24. The first kappa shape index (κ1) is 18.9. The van der Waals surface area contributed by atoms with Gasteiger partial charge in [0.15, 0.2) is 0 Å². The van der Waals surface area contributed by atoms with E-state index in [0.29, 0.717) is 19.6 Å². The number of amides is 2. The first-order valence-electron chi connectivity index (χ1n) is 8.73. The molecule has 2 heterocycles. The van der Waals surface area contributed by atoms with E-state index < -0.39 is 0 Å². The summed E-state index contributed by atoms with van der Waals surface area (Å²) in [4.78, 5) is 28.4. The molecule has 0 spiro atoms. The van der Waals surface area contributed by atoms with E-state index in [4.69, 9.17) is 4.74 Å². The number of anilines is 1. The number of hydrogen-bond acceptors (Lipinski definition) is 4. The van der Waals surface area contributed by atoms with Crippen LogP contribution in [0.4, 0.5) is 5.69 Å². The van der Waals surface area contributed by atoms with E-state index in [0.717, 1.165) is 36.5 Å². The van der Waals surface area contributed by atoms with Gasteiger partial charge in [-0.25, -0.2) is 0 Å². The monoisotopic (exact) mass is 419 g/mol. The van der Waals surface area contributed by atoms with Gasteiger partial charge in [0.2, 0.25) is 11.8 Å². The molecule has 138 valence electrons. The molecule has 1 N–H and O–H groups in total. The summed E-state index contributed by atoms with van der Waals surface area (Å²) >= 11 is 3.41. The van der Waals surface area contributed by atoms with E-state index in [1.54, 1.807) is 4.90 Å². The lowest BCUT2D eigenvalue weighted by molar-refractivity contribution is -0.126. The third kappa shape index (κ3) is 5.07. The van der Waals surface area contributed by atoms with Crippen LogP contribution in [0.2, 0.25) is 0 Å². The molecular formula is C19H22BrN3O3. The van der Waals surface area contributed by atoms with Crippen LogP contribution in [0.1, 0.15) is 6.42 Å². The molecule has 1 atom stereocenters. The molecule has 0 saturated carbocycles. The highest BCUT2D eigenvalue weighted by molar-refractivity contribution is 9.10. The zero-order valence-corrected chi connectivity index (χ0v) is 16.1. The number of nitrogens with zero attached hydrogens (tertiary/aromatic N) is 2. The molecule has 1 aromatic carbocycles. The van der Waals surface area contributed by atoms with Gasteiger partial charge in [0.25, 0.3) is 0 Å². The van der Waals surface area contributed by atoms with E-state index >= 15 is 0 Å². The summed E-state index contributed by atoms with van der Waals surface area (Å²) in [7, 11) is 0. The maximum Gasteiger partial charge on any atom is 0.227 e. The van der Waals surface area contributed by atoms with Crippen molar-refractivity contribution in [2.45, 2.75) is 6.42 Å². The van der Waals surface area contributed by atoms with Crippen LogP contribution in [-0.4, -0.2) is 62.7 Å². The Labute approximate surface area is 162 Å². The van der Waals surface area contributed by atoms with Crippen molar-refractivity contribution in [2.75, 3.05) is 50.8 Å². The largest absolute Gasteiger partial charge is 0.379 e. The Kier molecular flexibility index (Phi) is 6.67. The van der Waals surface area contributed by atoms with Crippen LogP contribution in [0.25, 0.3) is 0 Å². The average molecular weight is 420 g/mol. The molecule has 2 saturated heterocycles. The van der Waals surface area contributed by atoms with Gasteiger partial charge in [-0.2, -0.15) is 0 Å². The van der Waals surface area contributed by atoms with Crippen LogP contribution < -0.4 is 10.2 Å². The quantitative estimate of drug-likeness (QED) is 0.746. The Morgan fingerprint density at radius 3 is 2.88 bits per heavy atom. The summed E-state index contributed by atoms with van der Waals surface area (Å²) in [6.07, 6.45) is 0.236. The molecule has 2 fully saturated rings. The van der Waals surface area contributed by atoms with Gasteiger partial charge < -0.3 is 15.0 Å². The molecule has 0 aliphatic carbocycles. The Hall–Kier alpha value is -1.88. The molecule has 0 radical (unpaired) electrons. The third-order valence-corrected chi connectivity index (χ3v) is 4.99. The van der Waals surface area contributed by atoms with Crippen molar-refractivity contribution in [1.29, 1.82) is 0 Å². The van der Waals surface area contributed by atoms with Gasteiger partial charge in [0, 0.05) is 36.2 Å². The Balaban J connectivity index is 1.45. The molecule has 1 aromatic rings. The summed E-state index contributed by atoms with van der Waals surface area (Å²) in [6.45, 7) is 4.71. The van der Waals surface area contributed by atoms with Crippen molar-refractivity contribution in [1.82, 2.24) is 10.2 Å². The van der Waals surface area contributed by atoms with Crippen molar-refractivity contribution in [2.24, 2.45) is 5.92 Å². The van der Waals surface area contributed by atoms with E-state index in [1.165, 1.54) is 0 Å². The molecule has 0 aromatic heterocycles. The predicted octanol–water partition coefficient (Wildman–Crippen LogP) is 1.25. The van der Waals surface area contributed by atoms with Gasteiger partial charge >= 0.3 is 0 Å². The van der Waals surface area contributed by atoms with E-state index in [2.05, 4.69) is 38.0 Å². The van der Waals surface area contributed by atoms with Gasteiger partial charge in [-0.15, -0.1) is 0 Å². The Bertz CT molecular complexity index is 722. The minimum absolute atomic E-state index is 0.0262. The van der Waals surface area contributed by atoms with Crippen LogP contribution in [0.3, 0.4) is 0 Å². The van der Waals surface area contributed by atoms with Gasteiger partial charge in [0.1, 0.15) is 0 Å². The number of rotatable bonds is 4. The maximum atomic E-state index is 12.3. The standard InChI is InChI=1S/C19H22BrN3O3/c20-16-4-3-5-17(13-16)23-14-15(12-18(23)24)19(25)21-6-1-2-7-22-8-10-26-11-9-22/h3-5,13,15H,6-12,14H2,(H,21,25)/t15-/m1/s1. The molecule has 6 nitrogen and oxygen atoms in total. The fourth-order valence-electron chi connectivity index (χ4n) is 3.04. The van der Waals surface area contributed by atoms with Gasteiger partial charge in [-0.05, 0) is 18.2 Å². The van der Waals surface area contributed by atoms with Crippen molar-refractivity contribution in [3.63, 3.8) is 0 Å². The highest BCUT2D eigenvalue weighted by Gasteiger charge is 2.34. The smallest absolute Gasteiger partial charge is 0.227 e. The minimum atomic E-state index is -0.331. The highest BCUT2D eigenvalue weighted by Crippen LogP contribution is 2.27. The number of halogens is 1. The number of benzene rings is 1. The van der Waals surface area contributed by atoms with Crippen molar-refractivity contribution in [3.05, 3.63) is 28.7 Å². The third-order valence-electron chi connectivity index (χ3n) is 4.50. The summed E-state index contributed by atoms with van der Waals surface area (Å²) < 4.78 is 6.20. The van der Waals surface area contributed by atoms with E-state index in [-0.39, 0.29) is 24.2 Å². The number of carbonyl (C=O) groups excluding carboxylic acids is 2. The number of carbonyl (C=O) groups is 2. The molecule has 2 aliphatic rings. The van der Waals surface area contributed by atoms with Crippen LogP contribution in [0.5, 0.6) is 0 Å². The van der Waals surface area contributed by atoms with Crippen molar-refractivity contribution in [3.8, 4) is 11.8 Å². The fraction of sp³-hybridized carbons (Fsp3) is 0.474. The van der Waals surface area contributed by atoms with Crippen LogP contribution in [-0.2, 0) is 14.3 Å².